The number of likely N-dealkylation sites (N-methyl/N-ethyl adjacent to an activating group) is 1. The molecular weight excluding hydrogens is 230 g/mol. The number of primary amides is 1. The number of nitrogens with two attached hydrogens (primary N) is 1. The minimum atomic E-state index is -0.399. The zero-order valence-electron chi connectivity index (χ0n) is 11.2. The summed E-state index contributed by atoms with van der Waals surface area (Å²) in [5.74, 6) is 0.720. The predicted octanol–water partition coefficient (Wildman–Crippen LogP) is 0.144. The summed E-state index contributed by atoms with van der Waals surface area (Å²) in [5, 5.41) is 3.31. The van der Waals surface area contributed by atoms with Crippen LogP contribution in [0.15, 0.2) is 12.4 Å². The second kappa shape index (κ2) is 6.90. The third-order valence-electron chi connectivity index (χ3n) is 2.31. The van der Waals surface area contributed by atoms with Gasteiger partial charge < -0.3 is 16.0 Å². The number of amides is 1. The van der Waals surface area contributed by atoms with E-state index >= 15 is 0 Å². The molecule has 18 heavy (non-hydrogen) atoms. The van der Waals surface area contributed by atoms with Crippen LogP contribution >= 0.6 is 0 Å². The van der Waals surface area contributed by atoms with Crippen LogP contribution in [0.2, 0.25) is 0 Å². The Morgan fingerprint density at radius 1 is 1.44 bits per heavy atom. The molecule has 1 heterocycles. The number of nitrogens with zero attached hydrogens (tertiary/aromatic N) is 3. The molecule has 6 nitrogen and oxygen atoms in total. The van der Waals surface area contributed by atoms with E-state index in [1.807, 2.05) is 0 Å². The highest BCUT2D eigenvalue weighted by atomic mass is 16.1. The van der Waals surface area contributed by atoms with E-state index in [1.54, 1.807) is 24.3 Å². The molecule has 0 saturated heterocycles. The zero-order valence-corrected chi connectivity index (χ0v) is 11.2. The largest absolute Gasteiger partial charge is 0.368 e. The van der Waals surface area contributed by atoms with Crippen molar-refractivity contribution in [2.75, 3.05) is 25.0 Å². The summed E-state index contributed by atoms with van der Waals surface area (Å²) in [5.41, 5.74) is 6.13. The summed E-state index contributed by atoms with van der Waals surface area (Å²) in [4.78, 5) is 20.8. The molecule has 0 saturated carbocycles. The Morgan fingerprint density at radius 2 is 2.06 bits per heavy atom. The molecule has 1 amide bonds. The van der Waals surface area contributed by atoms with Crippen molar-refractivity contribution in [1.29, 1.82) is 0 Å². The number of anilines is 1. The maximum absolute atomic E-state index is 10.8. The molecule has 0 aromatic carbocycles. The Hall–Kier alpha value is -1.69. The predicted molar refractivity (Wildman–Crippen MR) is 71.0 cm³/mol. The molecule has 0 atom stereocenters. The summed E-state index contributed by atoms with van der Waals surface area (Å²) in [6.07, 6.45) is 3.51. The second-order valence-electron chi connectivity index (χ2n) is 4.74. The van der Waals surface area contributed by atoms with Gasteiger partial charge in [-0.15, -0.1) is 0 Å². The van der Waals surface area contributed by atoms with E-state index in [-0.39, 0.29) is 6.54 Å². The van der Waals surface area contributed by atoms with Crippen molar-refractivity contribution in [3.8, 4) is 0 Å². The molecule has 100 valence electrons. The lowest BCUT2D eigenvalue weighted by atomic mass is 10.2. The fraction of sp³-hybridized carbons (Fsp3) is 0.583. The quantitative estimate of drug-likeness (QED) is 0.720. The van der Waals surface area contributed by atoms with Crippen molar-refractivity contribution in [3.05, 3.63) is 18.0 Å². The number of hydrogen-bond donors (Lipinski definition) is 2. The number of aromatic nitrogens is 2. The molecule has 0 fully saturated rings. The fourth-order valence-electron chi connectivity index (χ4n) is 1.45. The highest BCUT2D eigenvalue weighted by Crippen LogP contribution is 2.04. The Balaban J connectivity index is 2.49. The van der Waals surface area contributed by atoms with Crippen molar-refractivity contribution >= 4 is 11.9 Å². The minimum absolute atomic E-state index is 0.116. The first-order valence-corrected chi connectivity index (χ1v) is 6.00. The highest BCUT2D eigenvalue weighted by molar-refractivity contribution is 5.78. The molecule has 1 rings (SSSR count). The summed E-state index contributed by atoms with van der Waals surface area (Å²) >= 11 is 0. The number of carbonyl (C=O) groups excluding carboxylic acids is 1. The van der Waals surface area contributed by atoms with Gasteiger partial charge in [0.05, 0.1) is 6.54 Å². The highest BCUT2D eigenvalue weighted by Gasteiger charge is 2.06. The van der Waals surface area contributed by atoms with Crippen LogP contribution in [0.3, 0.4) is 0 Å². The van der Waals surface area contributed by atoms with Gasteiger partial charge in [-0.25, -0.2) is 9.97 Å². The Morgan fingerprint density at radius 3 is 2.56 bits per heavy atom. The van der Waals surface area contributed by atoms with E-state index in [2.05, 4.69) is 29.1 Å². The number of rotatable bonds is 7. The molecule has 0 radical (unpaired) electrons. The normalized spacial score (nSPS) is 10.7. The molecule has 0 aliphatic rings. The Bertz CT molecular complexity index is 377. The molecule has 1 aromatic rings. The Kier molecular flexibility index (Phi) is 5.51. The van der Waals surface area contributed by atoms with Crippen LogP contribution < -0.4 is 16.0 Å². The van der Waals surface area contributed by atoms with Gasteiger partial charge in [0.1, 0.15) is 0 Å². The van der Waals surface area contributed by atoms with E-state index in [4.69, 9.17) is 5.73 Å². The van der Waals surface area contributed by atoms with Crippen molar-refractivity contribution < 1.29 is 4.79 Å². The number of hydrogen-bond acceptors (Lipinski definition) is 5. The van der Waals surface area contributed by atoms with Gasteiger partial charge in [0.2, 0.25) is 11.9 Å². The smallest absolute Gasteiger partial charge is 0.237 e. The van der Waals surface area contributed by atoms with Gasteiger partial charge in [0.15, 0.2) is 0 Å². The lowest BCUT2D eigenvalue weighted by Crippen LogP contribution is -2.31. The van der Waals surface area contributed by atoms with Gasteiger partial charge in [-0.1, -0.05) is 13.8 Å². The first kappa shape index (κ1) is 14.4. The van der Waals surface area contributed by atoms with Gasteiger partial charge in [-0.2, -0.15) is 0 Å². The third-order valence-corrected chi connectivity index (χ3v) is 2.31. The average molecular weight is 251 g/mol. The Labute approximate surface area is 108 Å². The summed E-state index contributed by atoms with van der Waals surface area (Å²) in [6.45, 7) is 6.14. The maximum Gasteiger partial charge on any atom is 0.237 e. The molecule has 3 N–H and O–H groups in total. The van der Waals surface area contributed by atoms with Gasteiger partial charge in [-0.05, 0) is 12.5 Å². The SMILES string of the molecule is CC(C)CNCc1cnc(N(C)CC(N)=O)nc1. The maximum atomic E-state index is 10.8. The van der Waals surface area contributed by atoms with Crippen LogP contribution in [0.4, 0.5) is 5.95 Å². The molecule has 1 aromatic heterocycles. The van der Waals surface area contributed by atoms with Gasteiger partial charge in [0, 0.05) is 31.5 Å². The topological polar surface area (TPSA) is 84.1 Å². The van der Waals surface area contributed by atoms with Crippen molar-refractivity contribution in [2.45, 2.75) is 20.4 Å². The average Bonchev–Trinajstić information content (AvgIpc) is 2.28. The molecular formula is C12H21N5O. The molecule has 0 unspecified atom stereocenters. The van der Waals surface area contributed by atoms with Crippen molar-refractivity contribution in [2.24, 2.45) is 11.7 Å². The summed E-state index contributed by atoms with van der Waals surface area (Å²) < 4.78 is 0. The van der Waals surface area contributed by atoms with Crippen LogP contribution in [0, 0.1) is 5.92 Å². The molecule has 0 bridgehead atoms. The molecule has 6 heteroatoms. The van der Waals surface area contributed by atoms with Crippen molar-refractivity contribution in [3.63, 3.8) is 0 Å². The monoisotopic (exact) mass is 251 g/mol. The van der Waals surface area contributed by atoms with E-state index in [1.165, 1.54) is 0 Å². The summed E-state index contributed by atoms with van der Waals surface area (Å²) in [6, 6.07) is 0. The van der Waals surface area contributed by atoms with Crippen LogP contribution in [0.25, 0.3) is 0 Å². The minimum Gasteiger partial charge on any atom is -0.368 e. The molecule has 0 aliphatic heterocycles. The van der Waals surface area contributed by atoms with E-state index < -0.39 is 5.91 Å². The van der Waals surface area contributed by atoms with E-state index in [0.29, 0.717) is 11.9 Å². The van der Waals surface area contributed by atoms with E-state index in [0.717, 1.165) is 18.7 Å². The first-order chi connectivity index (χ1) is 8.49. The van der Waals surface area contributed by atoms with Crippen LogP contribution in [-0.2, 0) is 11.3 Å². The lowest BCUT2D eigenvalue weighted by molar-refractivity contribution is -0.116. The van der Waals surface area contributed by atoms with Gasteiger partial charge in [0.25, 0.3) is 0 Å². The third kappa shape index (κ3) is 5.09. The van der Waals surface area contributed by atoms with Crippen molar-refractivity contribution in [1.82, 2.24) is 15.3 Å². The number of nitrogens with one attached hydrogen (secondary N) is 1. The fourth-order valence-corrected chi connectivity index (χ4v) is 1.45. The van der Waals surface area contributed by atoms with Crippen LogP contribution in [0.1, 0.15) is 19.4 Å². The molecule has 0 aliphatic carbocycles. The van der Waals surface area contributed by atoms with Gasteiger partial charge in [-0.3, -0.25) is 4.79 Å². The second-order valence-corrected chi connectivity index (χ2v) is 4.74. The van der Waals surface area contributed by atoms with Crippen LogP contribution in [-0.4, -0.2) is 36.0 Å². The first-order valence-electron chi connectivity index (χ1n) is 6.00. The number of carbonyl (C=O) groups is 1. The summed E-state index contributed by atoms with van der Waals surface area (Å²) in [7, 11) is 1.73. The van der Waals surface area contributed by atoms with Gasteiger partial charge >= 0.3 is 0 Å². The lowest BCUT2D eigenvalue weighted by Gasteiger charge is -2.14. The standard InChI is InChI=1S/C12H21N5O/c1-9(2)4-14-5-10-6-15-12(16-7-10)17(3)8-11(13)18/h6-7,9,14H,4-5,8H2,1-3H3,(H2,13,18). The van der Waals surface area contributed by atoms with Crippen LogP contribution in [0.5, 0.6) is 0 Å². The zero-order chi connectivity index (χ0) is 13.5. The molecule has 0 spiro atoms. The van der Waals surface area contributed by atoms with E-state index in [9.17, 15) is 4.79 Å².